The van der Waals surface area contributed by atoms with Crippen LogP contribution in [-0.2, 0) is 25.5 Å². The van der Waals surface area contributed by atoms with Crippen LogP contribution in [0.5, 0.6) is 11.5 Å². The summed E-state index contributed by atoms with van der Waals surface area (Å²) < 4.78 is 10.6. The van der Waals surface area contributed by atoms with E-state index >= 15 is 0 Å². The summed E-state index contributed by atoms with van der Waals surface area (Å²) in [5.41, 5.74) is 6.43. The molecule has 0 spiro atoms. The topological polar surface area (TPSA) is 119 Å². The number of carbonyl (C=O) groups is 2. The Morgan fingerprint density at radius 1 is 1.16 bits per heavy atom. The maximum atomic E-state index is 12.1. The Labute approximate surface area is 146 Å². The Bertz CT molecular complexity index is 628. The first-order chi connectivity index (χ1) is 11.8. The molecule has 7 heteroatoms. The van der Waals surface area contributed by atoms with Crippen LogP contribution in [0.2, 0.25) is 0 Å². The molecule has 1 aromatic carbocycles. The van der Waals surface area contributed by atoms with E-state index in [9.17, 15) is 19.8 Å². The molecule has 0 aliphatic heterocycles. The molecule has 25 heavy (non-hydrogen) atoms. The number of esters is 2. The van der Waals surface area contributed by atoms with Gasteiger partial charge in [0.15, 0.2) is 11.5 Å². The van der Waals surface area contributed by atoms with Crippen molar-refractivity contribution in [3.8, 4) is 11.5 Å². The number of ether oxygens (including phenoxy) is 2. The number of aromatic hydroxyl groups is 2. The highest BCUT2D eigenvalue weighted by Gasteiger charge is 2.30. The summed E-state index contributed by atoms with van der Waals surface area (Å²) in [4.78, 5) is 23.9. The summed E-state index contributed by atoms with van der Waals surface area (Å²) in [6, 6.07) is 3.30. The lowest BCUT2D eigenvalue weighted by Crippen LogP contribution is -2.40. The van der Waals surface area contributed by atoms with E-state index in [1.165, 1.54) is 12.1 Å². The molecule has 0 aromatic heterocycles. The van der Waals surface area contributed by atoms with E-state index in [1.807, 2.05) is 0 Å². The Hall–Kier alpha value is -2.28. The molecular formula is C18H25NO6. The summed E-state index contributed by atoms with van der Waals surface area (Å²) in [6.07, 6.45) is 1.72. The third-order valence-electron chi connectivity index (χ3n) is 4.50. The monoisotopic (exact) mass is 351 g/mol. The summed E-state index contributed by atoms with van der Waals surface area (Å²) in [5, 5.41) is 18.8. The molecule has 1 fully saturated rings. The summed E-state index contributed by atoms with van der Waals surface area (Å²) >= 11 is 0. The van der Waals surface area contributed by atoms with E-state index in [1.54, 1.807) is 19.9 Å². The van der Waals surface area contributed by atoms with Crippen LogP contribution in [0.3, 0.4) is 0 Å². The van der Waals surface area contributed by atoms with Gasteiger partial charge in [-0.2, -0.15) is 0 Å². The quantitative estimate of drug-likeness (QED) is 0.504. The van der Waals surface area contributed by atoms with E-state index in [4.69, 9.17) is 15.2 Å². The Kier molecular flexibility index (Phi) is 6.25. The number of phenolic OH excluding ortho intramolecular Hbond substituents is 2. The van der Waals surface area contributed by atoms with Crippen molar-refractivity contribution in [1.82, 2.24) is 0 Å². The second kappa shape index (κ2) is 8.20. The van der Waals surface area contributed by atoms with Gasteiger partial charge in [0.25, 0.3) is 0 Å². The Balaban J connectivity index is 1.82. The van der Waals surface area contributed by atoms with Crippen molar-refractivity contribution in [3.05, 3.63) is 23.8 Å². The highest BCUT2D eigenvalue weighted by molar-refractivity contribution is 5.76. The standard InChI is InChI=1S/C18H25NO6/c1-10(24-17(22)13-4-3-5-13)11(2)25-18(23)14(19)8-12-6-7-15(20)16(21)9-12/h6-7,9-11,13-14,20-21H,3-5,8,19H2,1-2H3/t10-,11-,14-/m0/s1. The minimum absolute atomic E-state index is 0.0326. The molecule has 138 valence electrons. The van der Waals surface area contributed by atoms with Crippen LogP contribution < -0.4 is 5.73 Å². The van der Waals surface area contributed by atoms with Crippen LogP contribution in [0.1, 0.15) is 38.7 Å². The van der Waals surface area contributed by atoms with Gasteiger partial charge in [0, 0.05) is 0 Å². The molecular weight excluding hydrogens is 326 g/mol. The lowest BCUT2D eigenvalue weighted by Gasteiger charge is -2.27. The van der Waals surface area contributed by atoms with Gasteiger partial charge in [-0.05, 0) is 50.8 Å². The van der Waals surface area contributed by atoms with Crippen LogP contribution in [0.15, 0.2) is 18.2 Å². The largest absolute Gasteiger partial charge is 0.504 e. The molecule has 1 aliphatic carbocycles. The number of hydrogen-bond donors (Lipinski definition) is 3. The molecule has 3 atom stereocenters. The lowest BCUT2D eigenvalue weighted by atomic mass is 9.86. The van der Waals surface area contributed by atoms with Crippen LogP contribution in [0.25, 0.3) is 0 Å². The van der Waals surface area contributed by atoms with E-state index in [0.717, 1.165) is 19.3 Å². The molecule has 1 aliphatic rings. The predicted octanol–water partition coefficient (Wildman–Crippen LogP) is 1.63. The highest BCUT2D eigenvalue weighted by atomic mass is 16.6. The van der Waals surface area contributed by atoms with Crippen molar-refractivity contribution in [2.24, 2.45) is 11.7 Å². The number of rotatable bonds is 7. The summed E-state index contributed by atoms with van der Waals surface area (Å²) in [5.74, 6) is -1.41. The van der Waals surface area contributed by atoms with Crippen molar-refractivity contribution in [2.45, 2.75) is 57.8 Å². The van der Waals surface area contributed by atoms with Gasteiger partial charge in [-0.15, -0.1) is 0 Å². The molecule has 0 saturated heterocycles. The van der Waals surface area contributed by atoms with Gasteiger partial charge in [-0.1, -0.05) is 12.5 Å². The van der Waals surface area contributed by atoms with E-state index in [0.29, 0.717) is 5.56 Å². The zero-order valence-corrected chi connectivity index (χ0v) is 14.5. The van der Waals surface area contributed by atoms with Crippen LogP contribution in [-0.4, -0.2) is 40.4 Å². The van der Waals surface area contributed by atoms with Gasteiger partial charge in [0.05, 0.1) is 5.92 Å². The molecule has 0 amide bonds. The average molecular weight is 351 g/mol. The Morgan fingerprint density at radius 2 is 1.80 bits per heavy atom. The van der Waals surface area contributed by atoms with Crippen molar-refractivity contribution < 1.29 is 29.3 Å². The van der Waals surface area contributed by atoms with Gasteiger partial charge >= 0.3 is 11.9 Å². The third kappa shape index (κ3) is 5.09. The second-order valence-electron chi connectivity index (χ2n) is 6.55. The molecule has 1 saturated carbocycles. The smallest absolute Gasteiger partial charge is 0.323 e. The Morgan fingerprint density at radius 3 is 2.36 bits per heavy atom. The first-order valence-corrected chi connectivity index (χ1v) is 8.45. The molecule has 0 radical (unpaired) electrons. The van der Waals surface area contributed by atoms with Crippen LogP contribution >= 0.6 is 0 Å². The number of hydrogen-bond acceptors (Lipinski definition) is 7. The minimum Gasteiger partial charge on any atom is -0.504 e. The number of nitrogens with two attached hydrogens (primary N) is 1. The number of carbonyl (C=O) groups excluding carboxylic acids is 2. The van der Waals surface area contributed by atoms with Crippen molar-refractivity contribution in [2.75, 3.05) is 0 Å². The first kappa shape index (κ1) is 19.1. The van der Waals surface area contributed by atoms with Crippen LogP contribution in [0, 0.1) is 5.92 Å². The first-order valence-electron chi connectivity index (χ1n) is 8.45. The molecule has 1 aromatic rings. The fraction of sp³-hybridized carbons (Fsp3) is 0.556. The number of phenols is 2. The maximum Gasteiger partial charge on any atom is 0.323 e. The van der Waals surface area contributed by atoms with E-state index < -0.39 is 24.2 Å². The normalized spacial score (nSPS) is 17.9. The predicted molar refractivity (Wildman–Crippen MR) is 89.9 cm³/mol. The lowest BCUT2D eigenvalue weighted by molar-refractivity contribution is -0.170. The SMILES string of the molecule is C[C@H](OC(=O)C1CCC1)[C@H](C)OC(=O)[C@@H](N)Cc1ccc(O)c(O)c1. The summed E-state index contributed by atoms with van der Waals surface area (Å²) in [6.45, 7) is 3.33. The summed E-state index contributed by atoms with van der Waals surface area (Å²) in [7, 11) is 0. The van der Waals surface area contributed by atoms with Gasteiger partial charge in [-0.3, -0.25) is 9.59 Å². The van der Waals surface area contributed by atoms with E-state index in [2.05, 4.69) is 0 Å². The second-order valence-corrected chi connectivity index (χ2v) is 6.55. The zero-order chi connectivity index (χ0) is 18.6. The fourth-order valence-corrected chi connectivity index (χ4v) is 2.42. The maximum absolute atomic E-state index is 12.1. The minimum atomic E-state index is -0.930. The zero-order valence-electron chi connectivity index (χ0n) is 14.5. The van der Waals surface area contributed by atoms with Crippen molar-refractivity contribution in [3.63, 3.8) is 0 Å². The van der Waals surface area contributed by atoms with Gasteiger partial charge in [0.2, 0.25) is 0 Å². The van der Waals surface area contributed by atoms with Gasteiger partial charge in [-0.25, -0.2) is 0 Å². The van der Waals surface area contributed by atoms with Gasteiger partial charge in [0.1, 0.15) is 18.2 Å². The molecule has 0 bridgehead atoms. The highest BCUT2D eigenvalue weighted by Crippen LogP contribution is 2.28. The molecule has 0 heterocycles. The molecule has 4 N–H and O–H groups in total. The molecule has 2 rings (SSSR count). The van der Waals surface area contributed by atoms with Crippen LogP contribution in [0.4, 0.5) is 0 Å². The third-order valence-corrected chi connectivity index (χ3v) is 4.50. The average Bonchev–Trinajstić information content (AvgIpc) is 2.48. The van der Waals surface area contributed by atoms with E-state index in [-0.39, 0.29) is 29.8 Å². The molecule has 7 nitrogen and oxygen atoms in total. The van der Waals surface area contributed by atoms with Crippen molar-refractivity contribution >= 4 is 11.9 Å². The fourth-order valence-electron chi connectivity index (χ4n) is 2.42. The van der Waals surface area contributed by atoms with Gasteiger partial charge < -0.3 is 25.4 Å². The van der Waals surface area contributed by atoms with Crippen molar-refractivity contribution in [1.29, 1.82) is 0 Å². The molecule has 0 unspecified atom stereocenters. The number of benzene rings is 1.